The summed E-state index contributed by atoms with van der Waals surface area (Å²) in [6.07, 6.45) is 4.92. The number of anilines is 1. The molecule has 1 aliphatic carbocycles. The maximum absolute atomic E-state index is 13.6. The Morgan fingerprint density at radius 2 is 1.73 bits per heavy atom. The summed E-state index contributed by atoms with van der Waals surface area (Å²) in [5.41, 5.74) is 6.27. The molecule has 0 saturated carbocycles. The Morgan fingerprint density at radius 1 is 0.939 bits per heavy atom. The molecule has 0 spiro atoms. The van der Waals surface area contributed by atoms with E-state index in [1.807, 2.05) is 53.4 Å². The van der Waals surface area contributed by atoms with Gasteiger partial charge in [0, 0.05) is 30.2 Å². The molecule has 11 heteroatoms. The Bertz CT molecular complexity index is 2370. The summed E-state index contributed by atoms with van der Waals surface area (Å²) in [4.78, 5) is 31.6. The highest BCUT2D eigenvalue weighted by Crippen LogP contribution is 2.35. The van der Waals surface area contributed by atoms with Gasteiger partial charge >= 0.3 is 0 Å². The molecule has 246 valence electrons. The van der Waals surface area contributed by atoms with E-state index in [0.717, 1.165) is 45.2 Å². The Kier molecular flexibility index (Phi) is 8.73. The Morgan fingerprint density at radius 3 is 2.63 bits per heavy atom. The topological polar surface area (TPSA) is 94.7 Å². The maximum Gasteiger partial charge on any atom is 0.241 e. The Balaban J connectivity index is 0.910. The van der Waals surface area contributed by atoms with Gasteiger partial charge in [0.1, 0.15) is 5.82 Å². The first-order chi connectivity index (χ1) is 23.9. The van der Waals surface area contributed by atoms with Crippen molar-refractivity contribution >= 4 is 84.3 Å². The first-order valence-corrected chi connectivity index (χ1v) is 19.1. The lowest BCUT2D eigenvalue weighted by atomic mass is 9.96. The van der Waals surface area contributed by atoms with E-state index in [9.17, 15) is 9.59 Å². The fraction of sp³-hybridized carbons (Fsp3) is 0.237. The van der Waals surface area contributed by atoms with Crippen LogP contribution >= 0.6 is 34.9 Å². The van der Waals surface area contributed by atoms with E-state index in [-0.39, 0.29) is 11.8 Å². The van der Waals surface area contributed by atoms with Crippen molar-refractivity contribution < 1.29 is 9.59 Å². The number of hydrogen-bond donors (Lipinski definition) is 1. The van der Waals surface area contributed by atoms with Gasteiger partial charge in [-0.05, 0) is 78.8 Å². The Labute approximate surface area is 296 Å². The van der Waals surface area contributed by atoms with Gasteiger partial charge in [0.05, 0.1) is 26.7 Å². The molecular weight excluding hydrogens is 669 g/mol. The average molecular weight is 703 g/mol. The molecule has 0 bridgehead atoms. The SMILES string of the molecule is CC(Sc1nnc(Cc2cccc3ccccc23)n1C)C(=O)Nc1ccc2nc(SCC(=O)n3c4c(c5ccccc53)CCCC4)sc2c1. The molecule has 49 heavy (non-hydrogen) atoms. The number of thioether (sulfide) groups is 2. The fourth-order valence-electron chi connectivity index (χ4n) is 6.69. The number of hydrogen-bond acceptors (Lipinski definition) is 8. The largest absolute Gasteiger partial charge is 0.325 e. The summed E-state index contributed by atoms with van der Waals surface area (Å²) in [6.45, 7) is 1.88. The fourth-order valence-corrected chi connectivity index (χ4v) is 9.48. The van der Waals surface area contributed by atoms with Crippen LogP contribution in [0.4, 0.5) is 5.69 Å². The highest BCUT2D eigenvalue weighted by Gasteiger charge is 2.24. The molecule has 8 nitrogen and oxygen atoms in total. The highest BCUT2D eigenvalue weighted by atomic mass is 32.2. The number of aromatic nitrogens is 5. The number of rotatable bonds is 9. The van der Waals surface area contributed by atoms with Crippen molar-refractivity contribution in [3.8, 4) is 0 Å². The number of nitrogens with zero attached hydrogens (tertiary/aromatic N) is 5. The van der Waals surface area contributed by atoms with Crippen LogP contribution in [0.1, 0.15) is 47.2 Å². The molecule has 1 unspecified atom stereocenters. The molecule has 8 rings (SSSR count). The van der Waals surface area contributed by atoms with Crippen LogP contribution in [-0.2, 0) is 31.1 Å². The maximum atomic E-state index is 13.6. The first-order valence-electron chi connectivity index (χ1n) is 16.4. The highest BCUT2D eigenvalue weighted by molar-refractivity contribution is 8.01. The lowest BCUT2D eigenvalue weighted by molar-refractivity contribution is -0.115. The summed E-state index contributed by atoms with van der Waals surface area (Å²) in [5, 5.41) is 15.8. The molecule has 0 fully saturated rings. The van der Waals surface area contributed by atoms with Crippen LogP contribution in [0.15, 0.2) is 94.4 Å². The Hall–Kier alpha value is -4.45. The second-order valence-electron chi connectivity index (χ2n) is 12.4. The number of benzene rings is 4. The zero-order valence-corrected chi connectivity index (χ0v) is 29.6. The summed E-state index contributed by atoms with van der Waals surface area (Å²) in [7, 11) is 1.95. The van der Waals surface area contributed by atoms with Crippen molar-refractivity contribution in [3.05, 3.63) is 108 Å². The van der Waals surface area contributed by atoms with Gasteiger partial charge in [0.2, 0.25) is 11.8 Å². The molecule has 4 aromatic carbocycles. The van der Waals surface area contributed by atoms with E-state index in [1.54, 1.807) is 0 Å². The van der Waals surface area contributed by atoms with Crippen LogP contribution in [-0.4, -0.2) is 47.1 Å². The minimum absolute atomic E-state index is 0.0895. The molecule has 1 N–H and O–H groups in total. The molecule has 1 amide bonds. The predicted molar refractivity (Wildman–Crippen MR) is 201 cm³/mol. The van der Waals surface area contributed by atoms with Gasteiger partial charge in [-0.3, -0.25) is 14.2 Å². The second-order valence-corrected chi connectivity index (χ2v) is 15.9. The molecule has 1 atom stereocenters. The standard InChI is InChI=1S/C38H34N6O2S3/c1-23(48-37-42-41-34(43(37)2)20-25-12-9-11-24-10-3-4-13-27(24)25)36(46)39-26-18-19-30-33(21-26)49-38(40-30)47-22-35(45)44-31-16-7-5-14-28(31)29-15-6-8-17-32(29)44/h3-5,7,9-14,16,18-19,21,23H,6,8,15,17,20,22H2,1-2H3,(H,39,46). The normalized spacial score (nSPS) is 13.6. The van der Waals surface area contributed by atoms with E-state index in [2.05, 4.69) is 70.1 Å². The lowest BCUT2D eigenvalue weighted by Crippen LogP contribution is -2.22. The second kappa shape index (κ2) is 13.5. The number of para-hydroxylation sites is 1. The van der Waals surface area contributed by atoms with E-state index >= 15 is 0 Å². The van der Waals surface area contributed by atoms with Gasteiger partial charge in [0.15, 0.2) is 9.50 Å². The monoisotopic (exact) mass is 702 g/mol. The number of carbonyl (C=O) groups is 2. The van der Waals surface area contributed by atoms with E-state index in [4.69, 9.17) is 4.98 Å². The number of aryl methyl sites for hydroxylation is 1. The minimum atomic E-state index is -0.391. The number of fused-ring (bicyclic) bond motifs is 5. The molecule has 7 aromatic rings. The van der Waals surface area contributed by atoms with Crippen molar-refractivity contribution in [2.24, 2.45) is 7.05 Å². The van der Waals surface area contributed by atoms with Gasteiger partial charge < -0.3 is 9.88 Å². The molecule has 0 aliphatic heterocycles. The zero-order valence-electron chi connectivity index (χ0n) is 27.2. The molecule has 0 radical (unpaired) electrons. The van der Waals surface area contributed by atoms with Crippen LogP contribution in [0.2, 0.25) is 0 Å². The van der Waals surface area contributed by atoms with Gasteiger partial charge in [-0.1, -0.05) is 84.2 Å². The van der Waals surface area contributed by atoms with Gasteiger partial charge in [-0.25, -0.2) is 4.98 Å². The van der Waals surface area contributed by atoms with Gasteiger partial charge in [0.25, 0.3) is 0 Å². The van der Waals surface area contributed by atoms with Crippen LogP contribution in [0, 0.1) is 0 Å². The molecular formula is C38H34N6O2S3. The van der Waals surface area contributed by atoms with Crippen molar-refractivity contribution in [1.82, 2.24) is 24.3 Å². The molecule has 1 aliphatic rings. The van der Waals surface area contributed by atoms with Crippen molar-refractivity contribution in [2.75, 3.05) is 11.1 Å². The van der Waals surface area contributed by atoms with Gasteiger partial charge in [-0.15, -0.1) is 21.5 Å². The van der Waals surface area contributed by atoms with Crippen LogP contribution in [0.3, 0.4) is 0 Å². The predicted octanol–water partition coefficient (Wildman–Crippen LogP) is 8.55. The van der Waals surface area contributed by atoms with E-state index in [1.165, 1.54) is 74.3 Å². The van der Waals surface area contributed by atoms with Crippen molar-refractivity contribution in [1.29, 1.82) is 0 Å². The number of amides is 1. The molecule has 0 saturated heterocycles. The summed E-state index contributed by atoms with van der Waals surface area (Å²) < 4.78 is 5.71. The summed E-state index contributed by atoms with van der Waals surface area (Å²) >= 11 is 4.40. The van der Waals surface area contributed by atoms with Crippen molar-refractivity contribution in [3.63, 3.8) is 0 Å². The quantitative estimate of drug-likeness (QED) is 0.151. The summed E-state index contributed by atoms with van der Waals surface area (Å²) in [6, 6.07) is 28.7. The lowest BCUT2D eigenvalue weighted by Gasteiger charge is -2.14. The number of nitrogens with one attached hydrogen (secondary N) is 1. The first kappa shape index (κ1) is 31.8. The van der Waals surface area contributed by atoms with Crippen LogP contribution in [0.25, 0.3) is 31.9 Å². The molecule has 3 heterocycles. The minimum Gasteiger partial charge on any atom is -0.325 e. The van der Waals surface area contributed by atoms with Crippen molar-refractivity contribution in [2.45, 2.75) is 53.8 Å². The summed E-state index contributed by atoms with van der Waals surface area (Å²) in [5.74, 6) is 1.13. The van der Waals surface area contributed by atoms with Gasteiger partial charge in [-0.2, -0.15) is 0 Å². The molecule has 3 aromatic heterocycles. The van der Waals surface area contributed by atoms with Crippen LogP contribution in [0.5, 0.6) is 0 Å². The zero-order chi connectivity index (χ0) is 33.5. The van der Waals surface area contributed by atoms with E-state index < -0.39 is 5.25 Å². The third kappa shape index (κ3) is 6.26. The third-order valence-corrected chi connectivity index (χ3v) is 12.5. The third-order valence-electron chi connectivity index (χ3n) is 9.19. The number of carbonyl (C=O) groups excluding carboxylic acids is 2. The van der Waals surface area contributed by atoms with E-state index in [0.29, 0.717) is 23.0 Å². The number of thiazole rings is 1. The average Bonchev–Trinajstić information content (AvgIpc) is 3.80. The van der Waals surface area contributed by atoms with Crippen LogP contribution < -0.4 is 5.32 Å². The smallest absolute Gasteiger partial charge is 0.241 e.